The zero-order chi connectivity index (χ0) is 23.5. The number of alkyl carbamates (subject to hydrolysis) is 1. The Morgan fingerprint density at radius 2 is 2.00 bits per heavy atom. The smallest absolute Gasteiger partial charge is 0.407 e. The average Bonchev–Trinajstić information content (AvgIpc) is 3.20. The van der Waals surface area contributed by atoms with Gasteiger partial charge in [0.05, 0.1) is 19.8 Å². The van der Waals surface area contributed by atoms with E-state index in [0.717, 1.165) is 0 Å². The maximum atomic E-state index is 12.9. The van der Waals surface area contributed by atoms with Gasteiger partial charge < -0.3 is 34.7 Å². The third kappa shape index (κ3) is 7.57. The Morgan fingerprint density at radius 3 is 2.72 bits per heavy atom. The van der Waals surface area contributed by atoms with Gasteiger partial charge >= 0.3 is 6.09 Å². The third-order valence-electron chi connectivity index (χ3n) is 4.69. The lowest BCUT2D eigenvalue weighted by atomic mass is 10.0. The highest BCUT2D eigenvalue weighted by molar-refractivity contribution is 6.38. The Morgan fingerprint density at radius 1 is 1.25 bits per heavy atom. The second kappa shape index (κ2) is 12.7. The van der Waals surface area contributed by atoms with E-state index in [-0.39, 0.29) is 32.1 Å². The number of carbonyl (C=O) groups is 4. The fourth-order valence-electron chi connectivity index (χ4n) is 2.95. The summed E-state index contributed by atoms with van der Waals surface area (Å²) in [6, 6.07) is -2.14. The van der Waals surface area contributed by atoms with E-state index in [2.05, 4.69) is 26.1 Å². The SMILES string of the molecule is COCCOCCOC(=O)NC(C(=O)NC1Cc2nncn2CCNC(=O)C1=O)C(C)C. The van der Waals surface area contributed by atoms with Gasteiger partial charge in [0.1, 0.15) is 30.8 Å². The van der Waals surface area contributed by atoms with Crippen molar-refractivity contribution in [3.05, 3.63) is 12.2 Å². The first kappa shape index (κ1) is 25.2. The minimum atomic E-state index is -1.16. The van der Waals surface area contributed by atoms with Gasteiger partial charge in [-0.1, -0.05) is 13.8 Å². The van der Waals surface area contributed by atoms with E-state index in [0.29, 0.717) is 25.6 Å². The lowest BCUT2D eigenvalue weighted by molar-refractivity contribution is -0.140. The van der Waals surface area contributed by atoms with E-state index < -0.39 is 35.8 Å². The van der Waals surface area contributed by atoms with Crippen LogP contribution in [0.5, 0.6) is 0 Å². The highest BCUT2D eigenvalue weighted by atomic mass is 16.6. The molecule has 0 bridgehead atoms. The molecule has 2 unspecified atom stereocenters. The number of fused-ring (bicyclic) bond motifs is 1. The Balaban J connectivity index is 1.97. The number of aromatic nitrogens is 3. The number of nitrogens with zero attached hydrogens (tertiary/aromatic N) is 3. The first-order valence-electron chi connectivity index (χ1n) is 10.3. The molecule has 1 aliphatic heterocycles. The normalized spacial score (nSPS) is 17.4. The highest BCUT2D eigenvalue weighted by Gasteiger charge is 2.33. The summed E-state index contributed by atoms with van der Waals surface area (Å²) in [7, 11) is 1.55. The summed E-state index contributed by atoms with van der Waals surface area (Å²) in [5, 5.41) is 15.3. The summed E-state index contributed by atoms with van der Waals surface area (Å²) in [6.07, 6.45) is 0.683. The number of methoxy groups -OCH3 is 1. The molecule has 32 heavy (non-hydrogen) atoms. The molecule has 0 aliphatic carbocycles. The van der Waals surface area contributed by atoms with Crippen molar-refractivity contribution in [3.63, 3.8) is 0 Å². The first-order chi connectivity index (χ1) is 15.3. The third-order valence-corrected chi connectivity index (χ3v) is 4.69. The lowest BCUT2D eigenvalue weighted by Gasteiger charge is -2.24. The van der Waals surface area contributed by atoms with Crippen LogP contribution in [-0.4, -0.2) is 90.6 Å². The van der Waals surface area contributed by atoms with Gasteiger partial charge in [0, 0.05) is 26.6 Å². The number of rotatable bonds is 10. The summed E-state index contributed by atoms with van der Waals surface area (Å²) in [5.74, 6) is -2.07. The number of amides is 3. The van der Waals surface area contributed by atoms with Crippen LogP contribution in [0.1, 0.15) is 19.7 Å². The van der Waals surface area contributed by atoms with Crippen molar-refractivity contribution in [2.24, 2.45) is 5.92 Å². The van der Waals surface area contributed by atoms with Crippen molar-refractivity contribution in [3.8, 4) is 0 Å². The minimum Gasteiger partial charge on any atom is -0.447 e. The summed E-state index contributed by atoms with van der Waals surface area (Å²) in [4.78, 5) is 49.6. The largest absolute Gasteiger partial charge is 0.447 e. The Labute approximate surface area is 185 Å². The molecule has 2 heterocycles. The first-order valence-corrected chi connectivity index (χ1v) is 10.3. The van der Waals surface area contributed by atoms with Crippen LogP contribution in [-0.2, 0) is 41.6 Å². The van der Waals surface area contributed by atoms with E-state index in [4.69, 9.17) is 14.2 Å². The van der Waals surface area contributed by atoms with Crippen LogP contribution < -0.4 is 16.0 Å². The fourth-order valence-corrected chi connectivity index (χ4v) is 2.95. The molecule has 0 radical (unpaired) electrons. The number of hydrogen-bond donors (Lipinski definition) is 3. The zero-order valence-corrected chi connectivity index (χ0v) is 18.5. The highest BCUT2D eigenvalue weighted by Crippen LogP contribution is 2.07. The predicted octanol–water partition coefficient (Wildman–Crippen LogP) is -1.58. The van der Waals surface area contributed by atoms with E-state index in [1.165, 1.54) is 6.33 Å². The monoisotopic (exact) mass is 454 g/mol. The fraction of sp³-hybridized carbons (Fsp3) is 0.684. The number of nitrogens with one attached hydrogen (secondary N) is 3. The van der Waals surface area contributed by atoms with E-state index >= 15 is 0 Å². The molecular formula is C19H30N6O7. The zero-order valence-electron chi connectivity index (χ0n) is 18.5. The Bertz CT molecular complexity index is 797. The van der Waals surface area contributed by atoms with Crippen molar-refractivity contribution in [2.75, 3.05) is 40.1 Å². The van der Waals surface area contributed by atoms with Gasteiger partial charge in [-0.2, -0.15) is 0 Å². The molecule has 2 rings (SSSR count). The van der Waals surface area contributed by atoms with Crippen molar-refractivity contribution < 1.29 is 33.4 Å². The summed E-state index contributed by atoms with van der Waals surface area (Å²) in [6.45, 7) is 5.07. The molecule has 2 atom stereocenters. The van der Waals surface area contributed by atoms with Crippen molar-refractivity contribution in [2.45, 2.75) is 38.9 Å². The molecule has 1 aromatic rings. The molecule has 1 aliphatic rings. The summed E-state index contributed by atoms with van der Waals surface area (Å²) >= 11 is 0. The van der Waals surface area contributed by atoms with Crippen molar-refractivity contribution in [1.82, 2.24) is 30.7 Å². The van der Waals surface area contributed by atoms with Gasteiger partial charge in [-0.3, -0.25) is 14.4 Å². The van der Waals surface area contributed by atoms with Crippen molar-refractivity contribution in [1.29, 1.82) is 0 Å². The van der Waals surface area contributed by atoms with Gasteiger partial charge in [-0.25, -0.2) is 4.79 Å². The van der Waals surface area contributed by atoms with Gasteiger partial charge in [0.25, 0.3) is 5.91 Å². The molecule has 0 saturated carbocycles. The second-order valence-corrected chi connectivity index (χ2v) is 7.43. The van der Waals surface area contributed by atoms with Crippen LogP contribution in [0.3, 0.4) is 0 Å². The summed E-state index contributed by atoms with van der Waals surface area (Å²) < 4.78 is 16.8. The van der Waals surface area contributed by atoms with E-state index in [9.17, 15) is 19.2 Å². The number of ketones is 1. The molecule has 178 valence electrons. The minimum absolute atomic E-state index is 0.00107. The maximum Gasteiger partial charge on any atom is 0.407 e. The molecule has 13 heteroatoms. The maximum absolute atomic E-state index is 12.9. The predicted molar refractivity (Wildman–Crippen MR) is 109 cm³/mol. The lowest BCUT2D eigenvalue weighted by Crippen LogP contribution is -2.56. The standard InChI is InChI=1S/C19H30N6O7/c1-12(2)15(23-19(29)32-9-8-31-7-6-30-3)17(27)22-13-10-14-24-21-11-25(14)5-4-20-18(28)16(13)26/h11-13,15H,4-10H2,1-3H3,(H,20,28)(H,22,27)(H,23,29). The van der Waals surface area contributed by atoms with Gasteiger partial charge in [-0.05, 0) is 5.92 Å². The van der Waals surface area contributed by atoms with Gasteiger partial charge in [-0.15, -0.1) is 10.2 Å². The molecule has 0 saturated heterocycles. The van der Waals surface area contributed by atoms with Crippen LogP contribution in [0.2, 0.25) is 0 Å². The summed E-state index contributed by atoms with van der Waals surface area (Å²) in [5.41, 5.74) is 0. The average molecular weight is 454 g/mol. The van der Waals surface area contributed by atoms with Gasteiger partial charge in [0.15, 0.2) is 0 Å². The number of Topliss-reactive ketones (excluding diaryl/α,β-unsaturated/α-hetero) is 1. The molecular weight excluding hydrogens is 424 g/mol. The molecule has 0 aromatic carbocycles. The molecule has 1 aromatic heterocycles. The van der Waals surface area contributed by atoms with E-state index in [1.807, 2.05) is 0 Å². The number of hydrogen-bond acceptors (Lipinski definition) is 9. The van der Waals surface area contributed by atoms with Crippen LogP contribution in [0.25, 0.3) is 0 Å². The number of carbonyl (C=O) groups excluding carboxylic acids is 4. The van der Waals surface area contributed by atoms with Crippen LogP contribution in [0, 0.1) is 5.92 Å². The van der Waals surface area contributed by atoms with E-state index in [1.54, 1.807) is 25.5 Å². The van der Waals surface area contributed by atoms with Gasteiger partial charge in [0.2, 0.25) is 11.7 Å². The van der Waals surface area contributed by atoms with Crippen LogP contribution in [0.15, 0.2) is 6.33 Å². The molecule has 0 fully saturated rings. The van der Waals surface area contributed by atoms with Crippen molar-refractivity contribution >= 4 is 23.7 Å². The van der Waals surface area contributed by atoms with Crippen LogP contribution in [0.4, 0.5) is 4.79 Å². The molecule has 3 N–H and O–H groups in total. The quantitative estimate of drug-likeness (QED) is 0.280. The second-order valence-electron chi connectivity index (χ2n) is 7.43. The molecule has 3 amide bonds. The Hall–Kier alpha value is -3.06. The molecule has 13 nitrogen and oxygen atoms in total. The topological polar surface area (TPSA) is 163 Å². The number of ether oxygens (including phenoxy) is 3. The Kier molecular flexibility index (Phi) is 10.0. The molecule has 0 spiro atoms. The van der Waals surface area contributed by atoms with Crippen LogP contribution >= 0.6 is 0 Å².